The fourth-order valence-electron chi connectivity index (χ4n) is 5.98. The molecule has 2 aromatic carbocycles. The van der Waals surface area contributed by atoms with Crippen LogP contribution in [-0.4, -0.2) is 65.6 Å². The molecule has 1 fully saturated rings. The molecular weight excluding hydrogens is 568 g/mol. The van der Waals surface area contributed by atoms with Gasteiger partial charge in [0.1, 0.15) is 12.4 Å². The third kappa shape index (κ3) is 8.76. The molecule has 2 heterocycles. The smallest absolute Gasteiger partial charge is 0.244 e. The molecule has 1 saturated heterocycles. The van der Waals surface area contributed by atoms with Gasteiger partial charge in [-0.15, -0.1) is 0 Å². The summed E-state index contributed by atoms with van der Waals surface area (Å²) in [6, 6.07) is 18.8. The molecule has 1 aromatic heterocycles. The minimum atomic E-state index is -0.644. The Labute approximate surface area is 265 Å². The van der Waals surface area contributed by atoms with Crippen LogP contribution in [0.4, 0.5) is 11.5 Å². The Balaban J connectivity index is 1.53. The van der Waals surface area contributed by atoms with E-state index in [2.05, 4.69) is 20.9 Å². The average Bonchev–Trinajstić information content (AvgIpc) is 3.05. The van der Waals surface area contributed by atoms with Gasteiger partial charge in [0, 0.05) is 38.1 Å². The van der Waals surface area contributed by atoms with Gasteiger partial charge in [-0.05, 0) is 79.3 Å². The molecule has 10 heteroatoms. The standard InChI is InChI=1S/C35H44N6O4/c1-4-26-13-14-30(20-29(26)21-32(43)39-31-12-8-9-17-37-31)38-33(44)24-41(23-28-11-7-6-10-27(28)22-36-3)34(45)35(5-2)15-18-40(25-42)19-16-35/h6-14,17,20,25,36H,4-5,15-16,18-19,21-24H2,1-3H3,(H,38,44)(H,37,39,43). The van der Waals surface area contributed by atoms with E-state index in [0.29, 0.717) is 50.4 Å². The van der Waals surface area contributed by atoms with Crippen LogP contribution in [0.15, 0.2) is 66.9 Å². The molecule has 3 aromatic rings. The predicted molar refractivity (Wildman–Crippen MR) is 175 cm³/mol. The highest BCUT2D eigenvalue weighted by Gasteiger charge is 2.42. The number of hydrogen-bond donors (Lipinski definition) is 3. The highest BCUT2D eigenvalue weighted by molar-refractivity contribution is 5.96. The van der Waals surface area contributed by atoms with E-state index in [9.17, 15) is 19.2 Å². The summed E-state index contributed by atoms with van der Waals surface area (Å²) in [5.74, 6) is -0.112. The number of hydrogen-bond acceptors (Lipinski definition) is 6. The van der Waals surface area contributed by atoms with E-state index in [1.54, 1.807) is 34.2 Å². The van der Waals surface area contributed by atoms with E-state index in [1.807, 2.05) is 63.4 Å². The molecule has 238 valence electrons. The van der Waals surface area contributed by atoms with E-state index >= 15 is 0 Å². The summed E-state index contributed by atoms with van der Waals surface area (Å²) in [7, 11) is 1.88. The second-order valence-corrected chi connectivity index (χ2v) is 11.6. The molecule has 0 spiro atoms. The molecule has 4 rings (SSSR count). The molecule has 45 heavy (non-hydrogen) atoms. The minimum absolute atomic E-state index is 0.0711. The lowest BCUT2D eigenvalue weighted by Gasteiger charge is -2.42. The van der Waals surface area contributed by atoms with E-state index < -0.39 is 5.41 Å². The maximum Gasteiger partial charge on any atom is 0.244 e. The first kappa shape index (κ1) is 33.3. The number of aromatic nitrogens is 1. The van der Waals surface area contributed by atoms with Crippen molar-refractivity contribution in [1.82, 2.24) is 20.1 Å². The normalized spacial score (nSPS) is 14.0. The van der Waals surface area contributed by atoms with Gasteiger partial charge in [-0.3, -0.25) is 19.2 Å². The van der Waals surface area contributed by atoms with Crippen LogP contribution in [0.5, 0.6) is 0 Å². The Hall–Kier alpha value is -4.57. The number of rotatable bonds is 14. The highest BCUT2D eigenvalue weighted by Crippen LogP contribution is 2.37. The minimum Gasteiger partial charge on any atom is -0.345 e. The highest BCUT2D eigenvalue weighted by atomic mass is 16.2. The van der Waals surface area contributed by atoms with Crippen molar-refractivity contribution in [2.75, 3.05) is 37.3 Å². The van der Waals surface area contributed by atoms with Crippen LogP contribution in [0.25, 0.3) is 0 Å². The summed E-state index contributed by atoms with van der Waals surface area (Å²) >= 11 is 0. The lowest BCUT2D eigenvalue weighted by atomic mass is 9.75. The van der Waals surface area contributed by atoms with Crippen LogP contribution < -0.4 is 16.0 Å². The van der Waals surface area contributed by atoms with Crippen molar-refractivity contribution in [3.05, 3.63) is 89.1 Å². The molecule has 0 aliphatic carbocycles. The second kappa shape index (κ2) is 15.9. The summed E-state index contributed by atoms with van der Waals surface area (Å²) in [6.45, 7) is 5.85. The van der Waals surface area contributed by atoms with Crippen molar-refractivity contribution < 1.29 is 19.2 Å². The van der Waals surface area contributed by atoms with Gasteiger partial charge in [0.05, 0.1) is 11.8 Å². The fourth-order valence-corrected chi connectivity index (χ4v) is 5.98. The summed E-state index contributed by atoms with van der Waals surface area (Å²) in [5.41, 5.74) is 3.76. The van der Waals surface area contributed by atoms with Gasteiger partial charge in [-0.1, -0.05) is 50.2 Å². The van der Waals surface area contributed by atoms with Gasteiger partial charge in [0.15, 0.2) is 0 Å². The third-order valence-corrected chi connectivity index (χ3v) is 8.66. The number of nitrogens with one attached hydrogen (secondary N) is 3. The topological polar surface area (TPSA) is 124 Å². The second-order valence-electron chi connectivity index (χ2n) is 11.6. The Bertz CT molecular complexity index is 1470. The van der Waals surface area contributed by atoms with E-state index in [0.717, 1.165) is 35.1 Å². The lowest BCUT2D eigenvalue weighted by Crippen LogP contribution is -2.51. The predicted octanol–water partition coefficient (Wildman–Crippen LogP) is 4.16. The van der Waals surface area contributed by atoms with Crippen molar-refractivity contribution in [1.29, 1.82) is 0 Å². The number of benzene rings is 2. The van der Waals surface area contributed by atoms with Crippen LogP contribution in [0.2, 0.25) is 0 Å². The number of pyridine rings is 1. The quantitative estimate of drug-likeness (QED) is 0.235. The Kier molecular flexibility index (Phi) is 11.8. The summed E-state index contributed by atoms with van der Waals surface area (Å²) in [4.78, 5) is 59.5. The van der Waals surface area contributed by atoms with E-state index in [1.165, 1.54) is 0 Å². The van der Waals surface area contributed by atoms with Gasteiger partial charge in [0.25, 0.3) is 0 Å². The zero-order valence-electron chi connectivity index (χ0n) is 26.5. The molecule has 0 bridgehead atoms. The van der Waals surface area contributed by atoms with Gasteiger partial charge in [-0.25, -0.2) is 4.98 Å². The Morgan fingerprint density at radius 2 is 1.64 bits per heavy atom. The average molecular weight is 613 g/mol. The van der Waals surface area contributed by atoms with Gasteiger partial charge < -0.3 is 25.8 Å². The Morgan fingerprint density at radius 1 is 0.911 bits per heavy atom. The maximum absolute atomic E-state index is 14.3. The van der Waals surface area contributed by atoms with E-state index in [-0.39, 0.29) is 37.2 Å². The van der Waals surface area contributed by atoms with Crippen LogP contribution in [0.3, 0.4) is 0 Å². The van der Waals surface area contributed by atoms with Gasteiger partial charge in [-0.2, -0.15) is 0 Å². The maximum atomic E-state index is 14.3. The van der Waals surface area contributed by atoms with E-state index in [4.69, 9.17) is 0 Å². The number of carbonyl (C=O) groups excluding carboxylic acids is 4. The summed E-state index contributed by atoms with van der Waals surface area (Å²) < 4.78 is 0. The Morgan fingerprint density at radius 3 is 2.29 bits per heavy atom. The van der Waals surface area contributed by atoms with Gasteiger partial charge in [0.2, 0.25) is 24.1 Å². The lowest BCUT2D eigenvalue weighted by molar-refractivity contribution is -0.149. The number of likely N-dealkylation sites (tertiary alicyclic amines) is 1. The number of amides is 4. The number of carbonyl (C=O) groups is 4. The van der Waals surface area contributed by atoms with Gasteiger partial charge >= 0.3 is 0 Å². The van der Waals surface area contributed by atoms with Crippen molar-refractivity contribution >= 4 is 35.6 Å². The third-order valence-electron chi connectivity index (χ3n) is 8.66. The molecule has 0 saturated carbocycles. The summed E-state index contributed by atoms with van der Waals surface area (Å²) in [6.07, 6.45) is 5.05. The molecular formula is C35H44N6O4. The molecule has 0 radical (unpaired) electrons. The van der Waals surface area contributed by atoms with Crippen LogP contribution in [0.1, 0.15) is 55.4 Å². The first-order chi connectivity index (χ1) is 21.8. The largest absolute Gasteiger partial charge is 0.345 e. The van der Waals surface area contributed by atoms with Crippen molar-refractivity contribution in [3.63, 3.8) is 0 Å². The molecule has 0 unspecified atom stereocenters. The molecule has 1 aliphatic heterocycles. The number of aryl methyl sites for hydroxylation is 1. The molecule has 0 atom stereocenters. The number of piperidine rings is 1. The zero-order valence-corrected chi connectivity index (χ0v) is 26.5. The first-order valence-electron chi connectivity index (χ1n) is 15.6. The SMILES string of the molecule is CCc1ccc(NC(=O)CN(Cc2ccccc2CNC)C(=O)C2(CC)CCN(C=O)CC2)cc1CC(=O)Nc1ccccn1. The zero-order chi connectivity index (χ0) is 32.2. The number of nitrogens with zero attached hydrogens (tertiary/aromatic N) is 3. The van der Waals surface area contributed by atoms with Crippen LogP contribution >= 0.6 is 0 Å². The molecule has 4 amide bonds. The molecule has 1 aliphatic rings. The van der Waals surface area contributed by atoms with Crippen LogP contribution in [0, 0.1) is 5.41 Å². The van der Waals surface area contributed by atoms with Crippen molar-refractivity contribution in [3.8, 4) is 0 Å². The van der Waals surface area contributed by atoms with Crippen molar-refractivity contribution in [2.45, 2.75) is 59.0 Å². The van der Waals surface area contributed by atoms with Crippen molar-refractivity contribution in [2.24, 2.45) is 5.41 Å². The fraction of sp³-hybridized carbons (Fsp3) is 0.400. The number of anilines is 2. The first-order valence-corrected chi connectivity index (χ1v) is 15.6. The monoisotopic (exact) mass is 612 g/mol. The summed E-state index contributed by atoms with van der Waals surface area (Å²) in [5, 5.41) is 8.97. The van der Waals surface area contributed by atoms with Crippen LogP contribution in [-0.2, 0) is 45.1 Å². The molecule has 3 N–H and O–H groups in total. The molecule has 10 nitrogen and oxygen atoms in total.